The summed E-state index contributed by atoms with van der Waals surface area (Å²) < 4.78 is 5.24. The van der Waals surface area contributed by atoms with Crippen molar-refractivity contribution in [2.75, 3.05) is 4.90 Å². The quantitative estimate of drug-likeness (QED) is 0.178. The normalized spacial score (nSPS) is 11.7. The fourth-order valence-electron chi connectivity index (χ4n) is 7.28. The molecule has 0 fully saturated rings. The second kappa shape index (κ2) is 11.5. The summed E-state index contributed by atoms with van der Waals surface area (Å²) in [7, 11) is 0. The Morgan fingerprint density at radius 3 is 1.29 bits per heavy atom. The molecule has 10 rings (SSSR count). The van der Waals surface area contributed by atoms with Crippen molar-refractivity contribution >= 4 is 90.9 Å². The second-order valence-electron chi connectivity index (χ2n) is 12.6. The van der Waals surface area contributed by atoms with Crippen molar-refractivity contribution in [2.24, 2.45) is 0 Å². The van der Waals surface area contributed by atoms with Crippen LogP contribution in [-0.4, -0.2) is 0 Å². The van der Waals surface area contributed by atoms with E-state index < -0.39 is 0 Å². The van der Waals surface area contributed by atoms with Crippen molar-refractivity contribution < 1.29 is 0 Å². The van der Waals surface area contributed by atoms with E-state index in [0.717, 1.165) is 17.1 Å². The molecule has 10 aromatic rings. The number of hydrogen-bond acceptors (Lipinski definition) is 3. The molecule has 49 heavy (non-hydrogen) atoms. The Bertz CT molecular complexity index is 2710. The molecular weight excluding hydrogens is 631 g/mol. The van der Waals surface area contributed by atoms with E-state index in [1.807, 2.05) is 22.7 Å². The van der Waals surface area contributed by atoms with Crippen LogP contribution in [0.3, 0.4) is 0 Å². The Morgan fingerprint density at radius 1 is 0.306 bits per heavy atom. The molecule has 0 saturated heterocycles. The third-order valence-corrected chi connectivity index (χ3v) is 11.9. The van der Waals surface area contributed by atoms with Gasteiger partial charge < -0.3 is 4.90 Å². The Hall–Kier alpha value is -5.74. The maximum Gasteiger partial charge on any atom is 0.0476 e. The van der Waals surface area contributed by atoms with Gasteiger partial charge in [0, 0.05) is 57.4 Å². The molecule has 230 valence electrons. The monoisotopic (exact) mass is 659 g/mol. The summed E-state index contributed by atoms with van der Waals surface area (Å²) in [5.74, 6) is 0. The van der Waals surface area contributed by atoms with Gasteiger partial charge in [-0.05, 0) is 93.7 Å². The van der Waals surface area contributed by atoms with Crippen molar-refractivity contribution in [3.63, 3.8) is 0 Å². The molecule has 0 saturated carbocycles. The van der Waals surface area contributed by atoms with E-state index in [9.17, 15) is 0 Å². The summed E-state index contributed by atoms with van der Waals surface area (Å²) in [4.78, 5) is 2.41. The predicted octanol–water partition coefficient (Wildman–Crippen LogP) is 14.4. The second-order valence-corrected chi connectivity index (χ2v) is 14.7. The average molecular weight is 660 g/mol. The van der Waals surface area contributed by atoms with Gasteiger partial charge in [0.2, 0.25) is 0 Å². The van der Waals surface area contributed by atoms with Crippen molar-refractivity contribution in [2.45, 2.75) is 0 Å². The number of rotatable bonds is 5. The Kier molecular flexibility index (Phi) is 6.61. The van der Waals surface area contributed by atoms with Gasteiger partial charge >= 0.3 is 0 Å². The first-order chi connectivity index (χ1) is 24.3. The Morgan fingerprint density at radius 2 is 0.735 bits per heavy atom. The lowest BCUT2D eigenvalue weighted by atomic mass is 9.91. The highest BCUT2D eigenvalue weighted by Crippen LogP contribution is 2.44. The van der Waals surface area contributed by atoms with Gasteiger partial charge in [0.25, 0.3) is 0 Å². The molecule has 0 atom stereocenters. The molecule has 0 unspecified atom stereocenters. The van der Waals surface area contributed by atoms with Crippen LogP contribution in [-0.2, 0) is 0 Å². The molecule has 0 radical (unpaired) electrons. The molecule has 0 amide bonds. The zero-order valence-electron chi connectivity index (χ0n) is 26.5. The molecule has 2 aromatic heterocycles. The van der Waals surface area contributed by atoms with Gasteiger partial charge in [-0.25, -0.2) is 0 Å². The molecule has 8 aromatic carbocycles. The summed E-state index contributed by atoms with van der Waals surface area (Å²) in [6.07, 6.45) is 0. The van der Waals surface area contributed by atoms with Crippen molar-refractivity contribution in [3.05, 3.63) is 176 Å². The van der Waals surface area contributed by atoms with Crippen LogP contribution in [0.5, 0.6) is 0 Å². The first-order valence-electron chi connectivity index (χ1n) is 16.6. The summed E-state index contributed by atoms with van der Waals surface area (Å²) in [5, 5.41) is 7.76. The van der Waals surface area contributed by atoms with E-state index >= 15 is 0 Å². The number of anilines is 3. The zero-order chi connectivity index (χ0) is 32.3. The van der Waals surface area contributed by atoms with Crippen molar-refractivity contribution in [1.29, 1.82) is 0 Å². The molecule has 0 aliphatic carbocycles. The van der Waals surface area contributed by atoms with Gasteiger partial charge in [-0.15, -0.1) is 22.7 Å². The van der Waals surface area contributed by atoms with Crippen LogP contribution in [0.25, 0.3) is 73.4 Å². The maximum atomic E-state index is 2.41. The molecule has 3 heteroatoms. The highest BCUT2D eigenvalue weighted by Gasteiger charge is 2.18. The fourth-order valence-corrected chi connectivity index (χ4v) is 9.56. The van der Waals surface area contributed by atoms with Crippen LogP contribution >= 0.6 is 22.7 Å². The average Bonchev–Trinajstić information content (AvgIpc) is 3.73. The van der Waals surface area contributed by atoms with Gasteiger partial charge in [0.1, 0.15) is 0 Å². The van der Waals surface area contributed by atoms with E-state index in [1.165, 1.54) is 73.4 Å². The minimum absolute atomic E-state index is 1.13. The zero-order valence-corrected chi connectivity index (χ0v) is 28.1. The van der Waals surface area contributed by atoms with E-state index in [-0.39, 0.29) is 0 Å². The van der Waals surface area contributed by atoms with Gasteiger partial charge in [-0.2, -0.15) is 0 Å². The third-order valence-electron chi connectivity index (χ3n) is 9.65. The largest absolute Gasteiger partial charge is 0.310 e. The number of benzene rings is 8. The summed E-state index contributed by atoms with van der Waals surface area (Å²) >= 11 is 3.73. The maximum absolute atomic E-state index is 2.41. The van der Waals surface area contributed by atoms with Crippen LogP contribution in [0.2, 0.25) is 0 Å². The smallest absolute Gasteiger partial charge is 0.0476 e. The predicted molar refractivity (Wildman–Crippen MR) is 215 cm³/mol. The minimum Gasteiger partial charge on any atom is -0.310 e. The van der Waals surface area contributed by atoms with Crippen molar-refractivity contribution in [3.8, 4) is 22.3 Å². The summed E-state index contributed by atoms with van der Waals surface area (Å²) in [5.41, 5.74) is 8.35. The lowest BCUT2D eigenvalue weighted by molar-refractivity contribution is 1.30. The van der Waals surface area contributed by atoms with Crippen LogP contribution in [0.4, 0.5) is 17.1 Å². The van der Waals surface area contributed by atoms with E-state index in [0.29, 0.717) is 0 Å². The summed E-state index contributed by atoms with van der Waals surface area (Å²) in [6.45, 7) is 0. The summed E-state index contributed by atoms with van der Waals surface area (Å²) in [6, 6.07) is 64.5. The first-order valence-corrected chi connectivity index (χ1v) is 18.2. The van der Waals surface area contributed by atoms with Crippen LogP contribution in [0.1, 0.15) is 0 Å². The molecule has 0 aliphatic rings. The van der Waals surface area contributed by atoms with Gasteiger partial charge in [-0.3, -0.25) is 0 Å². The van der Waals surface area contributed by atoms with Gasteiger partial charge in [0.15, 0.2) is 0 Å². The van der Waals surface area contributed by atoms with Crippen LogP contribution < -0.4 is 4.90 Å². The van der Waals surface area contributed by atoms with Crippen molar-refractivity contribution in [1.82, 2.24) is 0 Å². The van der Waals surface area contributed by atoms with E-state index in [4.69, 9.17) is 0 Å². The Labute approximate surface area is 292 Å². The van der Waals surface area contributed by atoms with Crippen LogP contribution in [0, 0.1) is 0 Å². The van der Waals surface area contributed by atoms with Gasteiger partial charge in [-0.1, -0.05) is 115 Å². The SMILES string of the molecule is c1ccc(-c2cc3ccccc3cc2-c2ccc(N(c3ccc4c(c3)sc3ccccc34)c3ccc4c(c3)sc3ccccc34)cc2)cc1. The number of fused-ring (bicyclic) bond motifs is 7. The standard InChI is InChI=1S/C46H29NS2/c1-2-10-30(11-3-1)41-26-32-12-4-5-13-33(32)27-42(41)31-18-20-34(21-19-31)47(35-22-24-39-37-14-6-8-16-43(37)48-45(39)28-35)36-23-25-40-38-15-7-9-17-44(38)49-46(40)29-36/h1-29H. The number of thiophene rings is 2. The topological polar surface area (TPSA) is 3.24 Å². The molecular formula is C46H29NS2. The molecule has 0 spiro atoms. The lowest BCUT2D eigenvalue weighted by Crippen LogP contribution is -2.09. The molecule has 0 N–H and O–H groups in total. The minimum atomic E-state index is 1.13. The molecule has 0 aliphatic heterocycles. The third kappa shape index (κ3) is 4.82. The first kappa shape index (κ1) is 28.3. The molecule has 0 bridgehead atoms. The van der Waals surface area contributed by atoms with Gasteiger partial charge in [0.05, 0.1) is 0 Å². The highest BCUT2D eigenvalue weighted by atomic mass is 32.1. The fraction of sp³-hybridized carbons (Fsp3) is 0. The lowest BCUT2D eigenvalue weighted by Gasteiger charge is -2.26. The number of hydrogen-bond donors (Lipinski definition) is 0. The molecule has 2 heterocycles. The van der Waals surface area contributed by atoms with E-state index in [2.05, 4.69) is 181 Å². The molecule has 1 nitrogen and oxygen atoms in total. The number of nitrogens with zero attached hydrogens (tertiary/aromatic N) is 1. The van der Waals surface area contributed by atoms with E-state index in [1.54, 1.807) is 0 Å². The van der Waals surface area contributed by atoms with Crippen LogP contribution in [0.15, 0.2) is 176 Å². The Balaban J connectivity index is 1.14. The highest BCUT2D eigenvalue weighted by molar-refractivity contribution is 7.26.